The number of aliphatic hydroxyl groups is 1. The van der Waals surface area contributed by atoms with Crippen LogP contribution in [0.3, 0.4) is 0 Å². The summed E-state index contributed by atoms with van der Waals surface area (Å²) in [6.07, 6.45) is -1.99. The van der Waals surface area contributed by atoms with Gasteiger partial charge in [0, 0.05) is 24.3 Å². The standard InChI is InChI=1S/C18H20F2O3/c1-3-22-18(23-4-2)14-8-6-5-7-13(14)17(21)15-11-12(19)9-10-16(15)20/h5-11,17-18,21H,3-4H2,1-2H3. The van der Waals surface area contributed by atoms with Crippen molar-refractivity contribution in [2.75, 3.05) is 13.2 Å². The van der Waals surface area contributed by atoms with E-state index in [0.717, 1.165) is 18.2 Å². The van der Waals surface area contributed by atoms with Gasteiger partial charge in [0.15, 0.2) is 6.29 Å². The number of ether oxygens (including phenoxy) is 2. The van der Waals surface area contributed by atoms with Crippen LogP contribution in [0.15, 0.2) is 42.5 Å². The van der Waals surface area contributed by atoms with Crippen LogP contribution in [0.5, 0.6) is 0 Å². The normalized spacial score (nSPS) is 12.6. The Morgan fingerprint density at radius 3 is 2.13 bits per heavy atom. The maximum absolute atomic E-state index is 13.9. The third-order valence-corrected chi connectivity index (χ3v) is 3.43. The summed E-state index contributed by atoms with van der Waals surface area (Å²) in [6, 6.07) is 9.89. The van der Waals surface area contributed by atoms with Crippen LogP contribution >= 0.6 is 0 Å². The van der Waals surface area contributed by atoms with Gasteiger partial charge in [-0.2, -0.15) is 0 Å². The Labute approximate surface area is 134 Å². The minimum absolute atomic E-state index is 0.121. The maximum atomic E-state index is 13.9. The first-order valence-electron chi connectivity index (χ1n) is 7.53. The van der Waals surface area contributed by atoms with Crippen LogP contribution in [0.4, 0.5) is 8.78 Å². The molecule has 5 heteroatoms. The highest BCUT2D eigenvalue weighted by molar-refractivity contribution is 5.37. The lowest BCUT2D eigenvalue weighted by atomic mass is 9.96. The van der Waals surface area contributed by atoms with Gasteiger partial charge < -0.3 is 14.6 Å². The molecule has 2 aromatic carbocycles. The van der Waals surface area contributed by atoms with Crippen LogP contribution in [0.25, 0.3) is 0 Å². The molecule has 124 valence electrons. The van der Waals surface area contributed by atoms with Crippen molar-refractivity contribution in [3.05, 3.63) is 70.8 Å². The molecule has 2 aromatic rings. The highest BCUT2D eigenvalue weighted by atomic mass is 19.1. The van der Waals surface area contributed by atoms with Crippen LogP contribution in [0.2, 0.25) is 0 Å². The fourth-order valence-electron chi connectivity index (χ4n) is 2.40. The lowest BCUT2D eigenvalue weighted by Crippen LogP contribution is -2.14. The van der Waals surface area contributed by atoms with E-state index in [0.29, 0.717) is 24.3 Å². The Morgan fingerprint density at radius 1 is 0.913 bits per heavy atom. The molecule has 0 fully saturated rings. The van der Waals surface area contributed by atoms with E-state index in [1.165, 1.54) is 0 Å². The van der Waals surface area contributed by atoms with Crippen molar-refractivity contribution in [3.63, 3.8) is 0 Å². The smallest absolute Gasteiger partial charge is 0.184 e. The fraction of sp³-hybridized carbons (Fsp3) is 0.333. The first-order valence-corrected chi connectivity index (χ1v) is 7.53. The molecule has 0 saturated carbocycles. The van der Waals surface area contributed by atoms with E-state index in [1.54, 1.807) is 24.3 Å². The van der Waals surface area contributed by atoms with Crippen LogP contribution in [0, 0.1) is 11.6 Å². The Hall–Kier alpha value is -1.82. The van der Waals surface area contributed by atoms with Gasteiger partial charge in [-0.3, -0.25) is 0 Å². The Kier molecular flexibility index (Phi) is 6.21. The van der Waals surface area contributed by atoms with Crippen molar-refractivity contribution in [2.45, 2.75) is 26.2 Å². The topological polar surface area (TPSA) is 38.7 Å². The van der Waals surface area contributed by atoms with E-state index in [2.05, 4.69) is 0 Å². The summed E-state index contributed by atoms with van der Waals surface area (Å²) >= 11 is 0. The zero-order valence-electron chi connectivity index (χ0n) is 13.1. The van der Waals surface area contributed by atoms with Gasteiger partial charge >= 0.3 is 0 Å². The molecule has 0 amide bonds. The molecule has 1 N–H and O–H groups in total. The van der Waals surface area contributed by atoms with Crippen molar-refractivity contribution in [2.24, 2.45) is 0 Å². The molecule has 1 unspecified atom stereocenters. The molecule has 3 nitrogen and oxygen atoms in total. The predicted molar refractivity (Wildman–Crippen MR) is 82.9 cm³/mol. The monoisotopic (exact) mass is 322 g/mol. The number of rotatable bonds is 7. The van der Waals surface area contributed by atoms with Crippen LogP contribution < -0.4 is 0 Å². The summed E-state index contributed by atoms with van der Waals surface area (Å²) < 4.78 is 38.4. The molecule has 0 aromatic heterocycles. The molecule has 0 aliphatic rings. The predicted octanol–water partition coefficient (Wildman–Crippen LogP) is 4.12. The van der Waals surface area contributed by atoms with E-state index in [9.17, 15) is 13.9 Å². The first-order chi connectivity index (χ1) is 11.1. The van der Waals surface area contributed by atoms with E-state index >= 15 is 0 Å². The second-order valence-corrected chi connectivity index (χ2v) is 4.94. The van der Waals surface area contributed by atoms with Crippen molar-refractivity contribution in [3.8, 4) is 0 Å². The molecular weight excluding hydrogens is 302 g/mol. The van der Waals surface area contributed by atoms with E-state index in [4.69, 9.17) is 9.47 Å². The molecule has 0 spiro atoms. The van der Waals surface area contributed by atoms with E-state index in [-0.39, 0.29) is 5.56 Å². The third kappa shape index (κ3) is 4.13. The lowest BCUT2D eigenvalue weighted by Gasteiger charge is -2.23. The Bertz CT molecular complexity index is 640. The van der Waals surface area contributed by atoms with Gasteiger partial charge in [-0.05, 0) is 37.6 Å². The van der Waals surface area contributed by atoms with Gasteiger partial charge in [0.05, 0.1) is 0 Å². The number of hydrogen-bond donors (Lipinski definition) is 1. The second-order valence-electron chi connectivity index (χ2n) is 4.94. The van der Waals surface area contributed by atoms with Crippen LogP contribution in [0.1, 0.15) is 42.9 Å². The zero-order valence-corrected chi connectivity index (χ0v) is 13.1. The average Bonchev–Trinajstić information content (AvgIpc) is 2.56. The quantitative estimate of drug-likeness (QED) is 0.779. The maximum Gasteiger partial charge on any atom is 0.184 e. The molecular formula is C18H20F2O3. The Morgan fingerprint density at radius 2 is 1.52 bits per heavy atom. The summed E-state index contributed by atoms with van der Waals surface area (Å²) in [4.78, 5) is 0. The Balaban J connectivity index is 2.44. The molecule has 0 heterocycles. The third-order valence-electron chi connectivity index (χ3n) is 3.43. The van der Waals surface area contributed by atoms with Crippen molar-refractivity contribution < 1.29 is 23.4 Å². The van der Waals surface area contributed by atoms with Gasteiger partial charge in [0.1, 0.15) is 17.7 Å². The summed E-state index contributed by atoms with van der Waals surface area (Å²) in [5.41, 5.74) is 0.889. The summed E-state index contributed by atoms with van der Waals surface area (Å²) in [6.45, 7) is 4.50. The van der Waals surface area contributed by atoms with Gasteiger partial charge in [-0.15, -0.1) is 0 Å². The first kappa shape index (κ1) is 17.5. The molecule has 0 aliphatic heterocycles. The molecule has 0 aliphatic carbocycles. The zero-order chi connectivity index (χ0) is 16.8. The highest BCUT2D eigenvalue weighted by Gasteiger charge is 2.23. The highest BCUT2D eigenvalue weighted by Crippen LogP contribution is 2.32. The second kappa shape index (κ2) is 8.15. The number of hydrogen-bond acceptors (Lipinski definition) is 3. The molecule has 0 bridgehead atoms. The van der Waals surface area contributed by atoms with Crippen molar-refractivity contribution in [1.82, 2.24) is 0 Å². The minimum Gasteiger partial charge on any atom is -0.384 e. The largest absolute Gasteiger partial charge is 0.384 e. The summed E-state index contributed by atoms with van der Waals surface area (Å²) in [5.74, 6) is -1.28. The molecule has 23 heavy (non-hydrogen) atoms. The molecule has 0 saturated heterocycles. The van der Waals surface area contributed by atoms with Gasteiger partial charge in [0.2, 0.25) is 0 Å². The van der Waals surface area contributed by atoms with Gasteiger partial charge in [0.25, 0.3) is 0 Å². The van der Waals surface area contributed by atoms with Gasteiger partial charge in [-0.25, -0.2) is 8.78 Å². The van der Waals surface area contributed by atoms with Gasteiger partial charge in [-0.1, -0.05) is 24.3 Å². The summed E-state index contributed by atoms with van der Waals surface area (Å²) in [5, 5.41) is 10.5. The molecule has 1 atom stereocenters. The number of aliphatic hydroxyl groups excluding tert-OH is 1. The molecule has 2 rings (SSSR count). The van der Waals surface area contributed by atoms with Crippen molar-refractivity contribution in [1.29, 1.82) is 0 Å². The van der Waals surface area contributed by atoms with E-state index < -0.39 is 24.0 Å². The fourth-order valence-corrected chi connectivity index (χ4v) is 2.40. The molecule has 0 radical (unpaired) electrons. The van der Waals surface area contributed by atoms with Crippen LogP contribution in [-0.4, -0.2) is 18.3 Å². The minimum atomic E-state index is -1.31. The summed E-state index contributed by atoms with van der Waals surface area (Å²) in [7, 11) is 0. The number of halogens is 2. The SMILES string of the molecule is CCOC(OCC)c1ccccc1C(O)c1cc(F)ccc1F. The number of benzene rings is 2. The van der Waals surface area contributed by atoms with Crippen LogP contribution in [-0.2, 0) is 9.47 Å². The van der Waals surface area contributed by atoms with Crippen molar-refractivity contribution >= 4 is 0 Å². The average molecular weight is 322 g/mol. The lowest BCUT2D eigenvalue weighted by molar-refractivity contribution is -0.141. The van der Waals surface area contributed by atoms with E-state index in [1.807, 2.05) is 13.8 Å².